The van der Waals surface area contributed by atoms with Gasteiger partial charge in [-0.25, -0.2) is 4.98 Å². The molecule has 7 nitrogen and oxygen atoms in total. The van der Waals surface area contributed by atoms with Crippen molar-refractivity contribution in [3.63, 3.8) is 0 Å². The molecule has 3 saturated heterocycles. The Morgan fingerprint density at radius 2 is 2.29 bits per heavy atom. The van der Waals surface area contributed by atoms with Gasteiger partial charge in [0.2, 0.25) is 5.91 Å². The molecule has 0 bridgehead atoms. The molecule has 0 saturated carbocycles. The van der Waals surface area contributed by atoms with Gasteiger partial charge in [-0.3, -0.25) is 9.59 Å². The van der Waals surface area contributed by atoms with E-state index in [4.69, 9.17) is 4.74 Å². The maximum atomic E-state index is 12.8. The summed E-state index contributed by atoms with van der Waals surface area (Å²) in [4.78, 5) is 32.9. The van der Waals surface area contributed by atoms with Crippen molar-refractivity contribution in [1.82, 2.24) is 14.8 Å². The first-order valence-corrected chi connectivity index (χ1v) is 8.37. The molecular formula is C17H21N3O4. The zero-order chi connectivity index (χ0) is 17.1. The van der Waals surface area contributed by atoms with Crippen LogP contribution in [0.2, 0.25) is 0 Å². The summed E-state index contributed by atoms with van der Waals surface area (Å²) in [6.45, 7) is 5.17. The smallest absolute Gasteiger partial charge is 0.276 e. The van der Waals surface area contributed by atoms with Crippen LogP contribution in [0.15, 0.2) is 18.3 Å². The highest BCUT2D eigenvalue weighted by molar-refractivity contribution is 5.96. The molecule has 1 aromatic rings. The number of carbonyl (C=O) groups excluding carboxylic acids is 2. The summed E-state index contributed by atoms with van der Waals surface area (Å²) in [5, 5.41) is 9.92. The summed E-state index contributed by atoms with van der Waals surface area (Å²) in [7, 11) is 0. The van der Waals surface area contributed by atoms with Gasteiger partial charge in [-0.1, -0.05) is 13.8 Å². The molecule has 4 rings (SSSR count). The van der Waals surface area contributed by atoms with Crippen molar-refractivity contribution in [2.75, 3.05) is 13.2 Å². The molecule has 3 aliphatic heterocycles. The summed E-state index contributed by atoms with van der Waals surface area (Å²) in [6, 6.07) is 2.76. The minimum Gasteiger partial charge on any atom is -0.505 e. The lowest BCUT2D eigenvalue weighted by Gasteiger charge is -2.34. The standard InChI is InChI=1S/C17H21N3O4/c1-10(2)11-9-24-17-5-7-19(13(17)8-14(22)20(11)17)16(23)15-12(21)4-3-6-18-15/h3-4,6,10-11,13,21H,5,7-9H2,1-2H3/t11-,13+,17-/m0/s1. The van der Waals surface area contributed by atoms with Crippen LogP contribution in [-0.4, -0.2) is 62.7 Å². The Kier molecular flexibility index (Phi) is 3.32. The monoisotopic (exact) mass is 331 g/mol. The summed E-state index contributed by atoms with van der Waals surface area (Å²) in [5.74, 6) is -0.145. The van der Waals surface area contributed by atoms with Gasteiger partial charge in [0.1, 0.15) is 5.75 Å². The fraction of sp³-hybridized carbons (Fsp3) is 0.588. The van der Waals surface area contributed by atoms with Crippen molar-refractivity contribution >= 4 is 11.8 Å². The van der Waals surface area contributed by atoms with Gasteiger partial charge in [0.05, 0.1) is 25.1 Å². The van der Waals surface area contributed by atoms with Crippen molar-refractivity contribution < 1.29 is 19.4 Å². The highest BCUT2D eigenvalue weighted by atomic mass is 16.5. The van der Waals surface area contributed by atoms with E-state index in [1.54, 1.807) is 11.0 Å². The Bertz CT molecular complexity index is 707. The van der Waals surface area contributed by atoms with E-state index in [-0.39, 0.29) is 41.8 Å². The van der Waals surface area contributed by atoms with Crippen LogP contribution >= 0.6 is 0 Å². The SMILES string of the molecule is CC(C)[C@@H]1CO[C@@]23CCN(C(=O)c4ncccc4O)[C@@H]2CC(=O)N13. The first-order chi connectivity index (χ1) is 11.5. The van der Waals surface area contributed by atoms with E-state index in [0.29, 0.717) is 25.5 Å². The maximum absolute atomic E-state index is 12.8. The van der Waals surface area contributed by atoms with Crippen LogP contribution in [0.25, 0.3) is 0 Å². The van der Waals surface area contributed by atoms with Gasteiger partial charge < -0.3 is 19.6 Å². The summed E-state index contributed by atoms with van der Waals surface area (Å²) in [5.41, 5.74) is -0.676. The Labute approximate surface area is 140 Å². The molecule has 4 heterocycles. The zero-order valence-corrected chi connectivity index (χ0v) is 13.8. The number of aromatic nitrogens is 1. The molecule has 1 N–H and O–H groups in total. The molecule has 2 amide bonds. The summed E-state index contributed by atoms with van der Waals surface area (Å²) in [6.07, 6.45) is 2.35. The second-order valence-electron chi connectivity index (χ2n) is 7.07. The minimum absolute atomic E-state index is 0.0267. The Balaban J connectivity index is 1.66. The lowest BCUT2D eigenvalue weighted by Crippen LogP contribution is -2.51. The number of hydrogen-bond donors (Lipinski definition) is 1. The lowest BCUT2D eigenvalue weighted by atomic mass is 10.0. The third-order valence-electron chi connectivity index (χ3n) is 5.51. The molecule has 24 heavy (non-hydrogen) atoms. The van der Waals surface area contributed by atoms with Gasteiger partial charge in [-0.05, 0) is 18.1 Å². The number of likely N-dealkylation sites (tertiary alicyclic amines) is 1. The second kappa shape index (κ2) is 5.17. The summed E-state index contributed by atoms with van der Waals surface area (Å²) < 4.78 is 6.11. The number of nitrogens with zero attached hydrogens (tertiary/aromatic N) is 3. The van der Waals surface area contributed by atoms with Crippen LogP contribution in [0.3, 0.4) is 0 Å². The van der Waals surface area contributed by atoms with Crippen molar-refractivity contribution in [3.8, 4) is 5.75 Å². The molecule has 3 aliphatic rings. The van der Waals surface area contributed by atoms with Crippen molar-refractivity contribution in [2.24, 2.45) is 5.92 Å². The molecule has 7 heteroatoms. The molecule has 1 spiro atoms. The van der Waals surface area contributed by atoms with E-state index in [9.17, 15) is 14.7 Å². The van der Waals surface area contributed by atoms with E-state index in [0.717, 1.165) is 0 Å². The van der Waals surface area contributed by atoms with Crippen LogP contribution < -0.4 is 0 Å². The minimum atomic E-state index is -0.702. The molecule has 128 valence electrons. The van der Waals surface area contributed by atoms with E-state index < -0.39 is 5.72 Å². The third kappa shape index (κ3) is 1.90. The molecule has 0 unspecified atom stereocenters. The highest BCUT2D eigenvalue weighted by Crippen LogP contribution is 2.49. The molecular weight excluding hydrogens is 310 g/mol. The number of ether oxygens (including phenoxy) is 1. The summed E-state index contributed by atoms with van der Waals surface area (Å²) >= 11 is 0. The predicted octanol–water partition coefficient (Wildman–Crippen LogP) is 0.985. The largest absolute Gasteiger partial charge is 0.505 e. The van der Waals surface area contributed by atoms with E-state index in [2.05, 4.69) is 18.8 Å². The molecule has 1 aromatic heterocycles. The van der Waals surface area contributed by atoms with Crippen molar-refractivity contribution in [1.29, 1.82) is 0 Å². The van der Waals surface area contributed by atoms with Gasteiger partial charge in [0.25, 0.3) is 5.91 Å². The molecule has 3 fully saturated rings. The van der Waals surface area contributed by atoms with Gasteiger partial charge in [0.15, 0.2) is 11.4 Å². The normalized spacial score (nSPS) is 31.7. The quantitative estimate of drug-likeness (QED) is 0.874. The molecule has 3 atom stereocenters. The number of aromatic hydroxyl groups is 1. The number of pyridine rings is 1. The average Bonchev–Trinajstić information content (AvgIpc) is 3.16. The number of rotatable bonds is 2. The number of hydrogen-bond acceptors (Lipinski definition) is 5. The van der Waals surface area contributed by atoms with Crippen molar-refractivity contribution in [2.45, 2.75) is 44.5 Å². The topological polar surface area (TPSA) is 83.0 Å². The maximum Gasteiger partial charge on any atom is 0.276 e. The number of amides is 2. The van der Waals surface area contributed by atoms with Gasteiger partial charge in [0, 0.05) is 19.2 Å². The van der Waals surface area contributed by atoms with Crippen LogP contribution in [-0.2, 0) is 9.53 Å². The zero-order valence-electron chi connectivity index (χ0n) is 13.8. The Hall–Kier alpha value is -2.15. The van der Waals surface area contributed by atoms with E-state index in [1.807, 2.05) is 4.90 Å². The third-order valence-corrected chi connectivity index (χ3v) is 5.51. The average molecular weight is 331 g/mol. The van der Waals surface area contributed by atoms with Crippen LogP contribution in [0.5, 0.6) is 5.75 Å². The van der Waals surface area contributed by atoms with Crippen LogP contribution in [0.4, 0.5) is 0 Å². The van der Waals surface area contributed by atoms with Crippen LogP contribution in [0.1, 0.15) is 37.2 Å². The van der Waals surface area contributed by atoms with Gasteiger partial charge in [-0.2, -0.15) is 0 Å². The van der Waals surface area contributed by atoms with E-state index >= 15 is 0 Å². The van der Waals surface area contributed by atoms with Gasteiger partial charge in [-0.15, -0.1) is 0 Å². The van der Waals surface area contributed by atoms with Crippen LogP contribution in [0, 0.1) is 5.92 Å². The molecule has 0 aromatic carbocycles. The fourth-order valence-corrected chi connectivity index (χ4v) is 4.31. The van der Waals surface area contributed by atoms with Crippen molar-refractivity contribution in [3.05, 3.63) is 24.0 Å². The molecule has 0 aliphatic carbocycles. The first kappa shape index (κ1) is 15.4. The second-order valence-corrected chi connectivity index (χ2v) is 7.07. The number of carbonyl (C=O) groups is 2. The molecule has 0 radical (unpaired) electrons. The predicted molar refractivity (Wildman–Crippen MR) is 84.1 cm³/mol. The van der Waals surface area contributed by atoms with Gasteiger partial charge >= 0.3 is 0 Å². The first-order valence-electron chi connectivity index (χ1n) is 8.37. The lowest BCUT2D eigenvalue weighted by molar-refractivity contribution is -0.139. The highest BCUT2D eigenvalue weighted by Gasteiger charge is 2.65. The Morgan fingerprint density at radius 1 is 1.50 bits per heavy atom. The fourth-order valence-electron chi connectivity index (χ4n) is 4.31. The van der Waals surface area contributed by atoms with E-state index in [1.165, 1.54) is 12.3 Å². The Morgan fingerprint density at radius 3 is 3.00 bits per heavy atom.